The van der Waals surface area contributed by atoms with Crippen molar-refractivity contribution in [3.63, 3.8) is 0 Å². The lowest BCUT2D eigenvalue weighted by Crippen LogP contribution is -2.28. The number of hydrogen-bond acceptors (Lipinski definition) is 3. The van der Waals surface area contributed by atoms with Gasteiger partial charge in [-0.05, 0) is 25.0 Å². The molecule has 0 aromatic heterocycles. The average Bonchev–Trinajstić information content (AvgIpc) is 2.34. The molecule has 1 heterocycles. The van der Waals surface area contributed by atoms with Gasteiger partial charge in [-0.3, -0.25) is 4.90 Å². The van der Waals surface area contributed by atoms with Crippen LogP contribution in [0.2, 0.25) is 0 Å². The van der Waals surface area contributed by atoms with Crippen LogP contribution in [0.15, 0.2) is 29.8 Å². The standard InChI is InChI=1S/C14H20N2O/c1-11-5-7-16(8-6-11)10-12-3-4-13(17-2)9-14(12)15/h3-5,9H,6-8,10,15H2,1-2H3. The predicted molar refractivity (Wildman–Crippen MR) is 71.1 cm³/mol. The molecule has 2 rings (SSSR count). The van der Waals surface area contributed by atoms with E-state index in [0.29, 0.717) is 0 Å². The number of rotatable bonds is 3. The lowest BCUT2D eigenvalue weighted by atomic mass is 10.1. The van der Waals surface area contributed by atoms with Crippen LogP contribution in [0.4, 0.5) is 5.69 Å². The summed E-state index contributed by atoms with van der Waals surface area (Å²) in [4.78, 5) is 2.41. The minimum Gasteiger partial charge on any atom is -0.497 e. The third-order valence-corrected chi connectivity index (χ3v) is 3.27. The molecule has 0 bridgehead atoms. The van der Waals surface area contributed by atoms with Gasteiger partial charge in [0.05, 0.1) is 7.11 Å². The van der Waals surface area contributed by atoms with Crippen LogP contribution in [-0.4, -0.2) is 25.1 Å². The van der Waals surface area contributed by atoms with Crippen LogP contribution < -0.4 is 10.5 Å². The summed E-state index contributed by atoms with van der Waals surface area (Å²) in [6.07, 6.45) is 3.46. The van der Waals surface area contributed by atoms with Gasteiger partial charge in [-0.2, -0.15) is 0 Å². The van der Waals surface area contributed by atoms with E-state index in [-0.39, 0.29) is 0 Å². The fourth-order valence-electron chi connectivity index (χ4n) is 2.04. The molecule has 0 saturated heterocycles. The van der Waals surface area contributed by atoms with Crippen molar-refractivity contribution in [2.45, 2.75) is 19.9 Å². The van der Waals surface area contributed by atoms with E-state index in [1.165, 1.54) is 11.1 Å². The molecular weight excluding hydrogens is 212 g/mol. The summed E-state index contributed by atoms with van der Waals surface area (Å²) in [5, 5.41) is 0. The number of nitrogen functional groups attached to an aromatic ring is 1. The van der Waals surface area contributed by atoms with Crippen molar-refractivity contribution in [3.8, 4) is 5.75 Å². The molecule has 0 saturated carbocycles. The van der Waals surface area contributed by atoms with E-state index in [2.05, 4.69) is 24.0 Å². The van der Waals surface area contributed by atoms with Crippen LogP contribution in [0.3, 0.4) is 0 Å². The van der Waals surface area contributed by atoms with Gasteiger partial charge < -0.3 is 10.5 Å². The second-order valence-electron chi connectivity index (χ2n) is 4.60. The first kappa shape index (κ1) is 12.0. The Balaban J connectivity index is 2.04. The Kier molecular flexibility index (Phi) is 3.69. The molecule has 0 spiro atoms. The molecule has 0 unspecified atom stereocenters. The monoisotopic (exact) mass is 232 g/mol. The number of hydrogen-bond donors (Lipinski definition) is 1. The van der Waals surface area contributed by atoms with E-state index >= 15 is 0 Å². The van der Waals surface area contributed by atoms with Crippen molar-refractivity contribution in [2.24, 2.45) is 0 Å². The highest BCUT2D eigenvalue weighted by atomic mass is 16.5. The lowest BCUT2D eigenvalue weighted by Gasteiger charge is -2.25. The zero-order chi connectivity index (χ0) is 12.3. The summed E-state index contributed by atoms with van der Waals surface area (Å²) in [7, 11) is 1.66. The van der Waals surface area contributed by atoms with E-state index < -0.39 is 0 Å². The van der Waals surface area contributed by atoms with Crippen LogP contribution in [0, 0.1) is 0 Å². The quantitative estimate of drug-likeness (QED) is 0.642. The van der Waals surface area contributed by atoms with Crippen molar-refractivity contribution in [3.05, 3.63) is 35.4 Å². The van der Waals surface area contributed by atoms with Gasteiger partial charge in [0.15, 0.2) is 0 Å². The predicted octanol–water partition coefficient (Wildman–Crippen LogP) is 2.43. The van der Waals surface area contributed by atoms with E-state index in [1.54, 1.807) is 7.11 Å². The third-order valence-electron chi connectivity index (χ3n) is 3.27. The maximum absolute atomic E-state index is 6.02. The molecule has 1 aromatic rings. The molecule has 17 heavy (non-hydrogen) atoms. The molecule has 1 aliphatic rings. The van der Waals surface area contributed by atoms with Gasteiger partial charge in [0.1, 0.15) is 5.75 Å². The van der Waals surface area contributed by atoms with E-state index in [0.717, 1.165) is 37.5 Å². The van der Waals surface area contributed by atoms with Gasteiger partial charge in [0.2, 0.25) is 0 Å². The molecule has 0 amide bonds. The van der Waals surface area contributed by atoms with Crippen molar-refractivity contribution in [2.75, 3.05) is 25.9 Å². The Morgan fingerprint density at radius 3 is 2.82 bits per heavy atom. The highest BCUT2D eigenvalue weighted by molar-refractivity contribution is 5.51. The Morgan fingerprint density at radius 2 is 2.24 bits per heavy atom. The third kappa shape index (κ3) is 3.01. The summed E-state index contributed by atoms with van der Waals surface area (Å²) >= 11 is 0. The fraction of sp³-hybridized carbons (Fsp3) is 0.429. The van der Waals surface area contributed by atoms with Crippen LogP contribution in [-0.2, 0) is 6.54 Å². The second kappa shape index (κ2) is 5.23. The molecule has 0 radical (unpaired) electrons. The number of methoxy groups -OCH3 is 1. The molecule has 0 atom stereocenters. The summed E-state index contributed by atoms with van der Waals surface area (Å²) in [5.74, 6) is 0.820. The summed E-state index contributed by atoms with van der Waals surface area (Å²) in [6.45, 7) is 5.25. The zero-order valence-electron chi connectivity index (χ0n) is 10.6. The Hall–Kier alpha value is -1.48. The normalized spacial score (nSPS) is 16.7. The number of nitrogens with zero attached hydrogens (tertiary/aromatic N) is 1. The van der Waals surface area contributed by atoms with E-state index in [9.17, 15) is 0 Å². The molecule has 2 N–H and O–H groups in total. The smallest absolute Gasteiger partial charge is 0.120 e. The first-order valence-corrected chi connectivity index (χ1v) is 5.99. The maximum Gasteiger partial charge on any atom is 0.120 e. The maximum atomic E-state index is 6.02. The topological polar surface area (TPSA) is 38.5 Å². The molecule has 0 fully saturated rings. The Bertz CT molecular complexity index is 426. The SMILES string of the molecule is COc1ccc(CN2CC=C(C)CC2)c(N)c1. The molecule has 0 aliphatic carbocycles. The van der Waals surface area contributed by atoms with Crippen LogP contribution in [0.1, 0.15) is 18.9 Å². The second-order valence-corrected chi connectivity index (χ2v) is 4.60. The van der Waals surface area contributed by atoms with Crippen molar-refractivity contribution in [1.82, 2.24) is 4.90 Å². The zero-order valence-corrected chi connectivity index (χ0v) is 10.6. The minimum absolute atomic E-state index is 0.815. The minimum atomic E-state index is 0.815. The Morgan fingerprint density at radius 1 is 1.41 bits per heavy atom. The van der Waals surface area contributed by atoms with Gasteiger partial charge in [0.25, 0.3) is 0 Å². The van der Waals surface area contributed by atoms with Gasteiger partial charge in [-0.25, -0.2) is 0 Å². The summed E-state index contributed by atoms with van der Waals surface area (Å²) in [5.41, 5.74) is 9.50. The van der Waals surface area contributed by atoms with Gasteiger partial charge in [0, 0.05) is 31.4 Å². The first-order valence-electron chi connectivity index (χ1n) is 5.99. The largest absolute Gasteiger partial charge is 0.497 e. The van der Waals surface area contributed by atoms with Crippen LogP contribution >= 0.6 is 0 Å². The van der Waals surface area contributed by atoms with Gasteiger partial charge >= 0.3 is 0 Å². The highest BCUT2D eigenvalue weighted by Crippen LogP contribution is 2.22. The van der Waals surface area contributed by atoms with Crippen LogP contribution in [0.5, 0.6) is 5.75 Å². The van der Waals surface area contributed by atoms with Crippen LogP contribution in [0.25, 0.3) is 0 Å². The molecule has 3 nitrogen and oxygen atoms in total. The van der Waals surface area contributed by atoms with Gasteiger partial charge in [-0.15, -0.1) is 0 Å². The highest BCUT2D eigenvalue weighted by Gasteiger charge is 2.11. The number of ether oxygens (including phenoxy) is 1. The average molecular weight is 232 g/mol. The molecular formula is C14H20N2O. The molecule has 92 valence electrons. The number of benzene rings is 1. The lowest BCUT2D eigenvalue weighted by molar-refractivity contribution is 0.286. The van der Waals surface area contributed by atoms with Crippen molar-refractivity contribution in [1.29, 1.82) is 0 Å². The summed E-state index contributed by atoms with van der Waals surface area (Å²) in [6, 6.07) is 5.91. The van der Waals surface area contributed by atoms with E-state index in [4.69, 9.17) is 10.5 Å². The van der Waals surface area contributed by atoms with Crippen molar-refractivity contribution >= 4 is 5.69 Å². The summed E-state index contributed by atoms with van der Waals surface area (Å²) < 4.78 is 5.15. The van der Waals surface area contributed by atoms with Gasteiger partial charge in [-0.1, -0.05) is 17.7 Å². The molecule has 1 aliphatic heterocycles. The van der Waals surface area contributed by atoms with E-state index in [1.807, 2.05) is 12.1 Å². The number of nitrogens with two attached hydrogens (primary N) is 1. The fourth-order valence-corrected chi connectivity index (χ4v) is 2.04. The van der Waals surface area contributed by atoms with Crippen molar-refractivity contribution < 1.29 is 4.74 Å². The molecule has 1 aromatic carbocycles. The first-order chi connectivity index (χ1) is 8.19. The Labute approximate surface area is 103 Å². The molecule has 3 heteroatoms. The number of anilines is 1.